The first kappa shape index (κ1) is 21.8. The van der Waals surface area contributed by atoms with Crippen LogP contribution < -0.4 is 16.0 Å². The molecule has 0 aliphatic carbocycles. The highest BCUT2D eigenvalue weighted by molar-refractivity contribution is 7.80. The van der Waals surface area contributed by atoms with Crippen LogP contribution in [0.4, 0.5) is 5.69 Å². The molecule has 1 aromatic rings. The number of nitrogens with one attached hydrogen (secondary N) is 3. The number of alkyl halides is 3. The number of benzene rings is 1. The number of hydrogen-bond acceptors (Lipinski definition) is 4. The lowest BCUT2D eigenvalue weighted by Crippen LogP contribution is -2.56. The van der Waals surface area contributed by atoms with Crippen LogP contribution in [-0.2, 0) is 9.53 Å². The molecule has 1 aromatic carbocycles. The van der Waals surface area contributed by atoms with Gasteiger partial charge in [-0.1, -0.05) is 41.7 Å². The summed E-state index contributed by atoms with van der Waals surface area (Å²) in [6.07, 6.45) is -0.780. The second-order valence-corrected chi connectivity index (χ2v) is 7.57. The summed E-state index contributed by atoms with van der Waals surface area (Å²) in [5, 5.41) is 8.27. The fourth-order valence-electron chi connectivity index (χ4n) is 1.67. The largest absolute Gasteiger partial charge is 0.462 e. The Labute approximate surface area is 166 Å². The molecule has 0 aliphatic heterocycles. The Balaban J connectivity index is 2.70. The number of ether oxygens (including phenoxy) is 1. The third kappa shape index (κ3) is 7.64. The van der Waals surface area contributed by atoms with Crippen molar-refractivity contribution >= 4 is 69.7 Å². The maximum Gasteiger partial charge on any atom is 0.338 e. The van der Waals surface area contributed by atoms with Crippen LogP contribution in [0.15, 0.2) is 24.3 Å². The van der Waals surface area contributed by atoms with Gasteiger partial charge in [0.1, 0.15) is 6.17 Å². The molecule has 25 heavy (non-hydrogen) atoms. The van der Waals surface area contributed by atoms with E-state index in [4.69, 9.17) is 51.8 Å². The van der Waals surface area contributed by atoms with Crippen LogP contribution in [0.2, 0.25) is 0 Å². The molecule has 0 bridgehead atoms. The predicted octanol–water partition coefficient (Wildman–Crippen LogP) is 3.37. The van der Waals surface area contributed by atoms with Crippen molar-refractivity contribution in [1.82, 2.24) is 10.6 Å². The van der Waals surface area contributed by atoms with Crippen LogP contribution in [0.25, 0.3) is 0 Å². The van der Waals surface area contributed by atoms with Crippen LogP contribution in [0.5, 0.6) is 0 Å². The molecule has 6 nitrogen and oxygen atoms in total. The van der Waals surface area contributed by atoms with Crippen LogP contribution in [0, 0.1) is 0 Å². The second-order valence-electron chi connectivity index (χ2n) is 4.79. The maximum absolute atomic E-state index is 11.6. The Hall–Kier alpha value is -1.28. The van der Waals surface area contributed by atoms with Crippen molar-refractivity contribution < 1.29 is 14.3 Å². The van der Waals surface area contributed by atoms with E-state index in [9.17, 15) is 9.59 Å². The predicted molar refractivity (Wildman–Crippen MR) is 104 cm³/mol. The Morgan fingerprint density at radius 1 is 1.16 bits per heavy atom. The van der Waals surface area contributed by atoms with Gasteiger partial charge in [0.05, 0.1) is 12.2 Å². The van der Waals surface area contributed by atoms with E-state index in [-0.39, 0.29) is 17.4 Å². The summed E-state index contributed by atoms with van der Waals surface area (Å²) >= 11 is 22.7. The highest BCUT2D eigenvalue weighted by Gasteiger charge is 2.34. The van der Waals surface area contributed by atoms with E-state index in [0.717, 1.165) is 0 Å². The van der Waals surface area contributed by atoms with Crippen molar-refractivity contribution in [2.75, 3.05) is 11.9 Å². The van der Waals surface area contributed by atoms with Gasteiger partial charge in [-0.2, -0.15) is 0 Å². The van der Waals surface area contributed by atoms with Crippen molar-refractivity contribution in [2.24, 2.45) is 0 Å². The van der Waals surface area contributed by atoms with Gasteiger partial charge in [-0.3, -0.25) is 4.79 Å². The number of carbonyl (C=O) groups is 2. The number of hydrogen-bond donors (Lipinski definition) is 3. The molecule has 0 fully saturated rings. The molecular formula is C15H18Cl3N3O3S. The van der Waals surface area contributed by atoms with Gasteiger partial charge < -0.3 is 20.7 Å². The molecule has 1 amide bonds. The van der Waals surface area contributed by atoms with Crippen LogP contribution in [0.3, 0.4) is 0 Å². The van der Waals surface area contributed by atoms with E-state index in [1.807, 2.05) is 0 Å². The zero-order chi connectivity index (χ0) is 19.0. The third-order valence-electron chi connectivity index (χ3n) is 2.88. The summed E-state index contributed by atoms with van der Waals surface area (Å²) in [5.74, 6) is -0.710. The summed E-state index contributed by atoms with van der Waals surface area (Å²) in [4.78, 5) is 23.1. The molecule has 1 unspecified atom stereocenters. The Morgan fingerprint density at radius 2 is 1.76 bits per heavy atom. The molecule has 0 spiro atoms. The first-order valence-corrected chi connectivity index (χ1v) is 8.92. The molecule has 0 radical (unpaired) electrons. The summed E-state index contributed by atoms with van der Waals surface area (Å²) in [5.41, 5.74) is 1.02. The second kappa shape index (κ2) is 10.0. The SMILES string of the molecule is CCOC(=O)c1ccc(NC(=S)NC(NC(=O)CC)C(Cl)(Cl)Cl)cc1. The average molecular weight is 427 g/mol. The zero-order valence-corrected chi connectivity index (χ0v) is 16.7. The van der Waals surface area contributed by atoms with Gasteiger partial charge in [0.25, 0.3) is 0 Å². The summed E-state index contributed by atoms with van der Waals surface area (Å²) in [7, 11) is 0. The first-order valence-electron chi connectivity index (χ1n) is 7.38. The van der Waals surface area contributed by atoms with Gasteiger partial charge in [0.15, 0.2) is 5.11 Å². The van der Waals surface area contributed by atoms with Crippen molar-refractivity contribution in [3.8, 4) is 0 Å². The molecule has 138 valence electrons. The monoisotopic (exact) mass is 425 g/mol. The molecule has 3 N–H and O–H groups in total. The fourth-order valence-corrected chi connectivity index (χ4v) is 2.23. The molecular weight excluding hydrogens is 409 g/mol. The number of anilines is 1. The lowest BCUT2D eigenvalue weighted by Gasteiger charge is -2.27. The topological polar surface area (TPSA) is 79.5 Å². The van der Waals surface area contributed by atoms with Gasteiger partial charge >= 0.3 is 5.97 Å². The number of amides is 1. The van der Waals surface area contributed by atoms with Crippen LogP contribution >= 0.6 is 47.0 Å². The molecule has 0 aliphatic rings. The number of carbonyl (C=O) groups excluding carboxylic acids is 2. The number of thiocarbonyl (C=S) groups is 1. The minimum absolute atomic E-state index is 0.136. The molecule has 10 heteroatoms. The van der Waals surface area contributed by atoms with E-state index in [2.05, 4.69) is 16.0 Å². The smallest absolute Gasteiger partial charge is 0.338 e. The Kier molecular flexibility index (Phi) is 8.71. The normalized spacial score (nSPS) is 12.0. The highest BCUT2D eigenvalue weighted by Crippen LogP contribution is 2.29. The molecule has 0 saturated heterocycles. The van der Waals surface area contributed by atoms with Gasteiger partial charge in [0.2, 0.25) is 9.70 Å². The quantitative estimate of drug-likeness (QED) is 0.280. The fraction of sp³-hybridized carbons (Fsp3) is 0.400. The summed E-state index contributed by atoms with van der Waals surface area (Å²) in [6, 6.07) is 6.48. The van der Waals surface area contributed by atoms with E-state index >= 15 is 0 Å². The van der Waals surface area contributed by atoms with E-state index in [1.165, 1.54) is 0 Å². The molecule has 1 atom stereocenters. The number of rotatable bonds is 6. The molecule has 1 rings (SSSR count). The minimum Gasteiger partial charge on any atom is -0.462 e. The number of esters is 1. The van der Waals surface area contributed by atoms with Crippen molar-refractivity contribution in [2.45, 2.75) is 30.2 Å². The van der Waals surface area contributed by atoms with Crippen LogP contribution in [-0.4, -0.2) is 33.6 Å². The summed E-state index contributed by atoms with van der Waals surface area (Å²) < 4.78 is 3.10. The van der Waals surface area contributed by atoms with Crippen LogP contribution in [0.1, 0.15) is 30.6 Å². The molecule has 0 saturated carbocycles. The molecule has 0 heterocycles. The zero-order valence-electron chi connectivity index (χ0n) is 13.6. The van der Waals surface area contributed by atoms with Gasteiger partial charge in [-0.05, 0) is 43.4 Å². The van der Waals surface area contributed by atoms with E-state index in [0.29, 0.717) is 17.9 Å². The lowest BCUT2D eigenvalue weighted by atomic mass is 10.2. The Bertz CT molecular complexity index is 621. The first-order chi connectivity index (χ1) is 11.7. The van der Waals surface area contributed by atoms with Gasteiger partial charge in [0, 0.05) is 12.1 Å². The van der Waals surface area contributed by atoms with Crippen molar-refractivity contribution in [3.05, 3.63) is 29.8 Å². The van der Waals surface area contributed by atoms with Crippen molar-refractivity contribution in [1.29, 1.82) is 0 Å². The maximum atomic E-state index is 11.6. The molecule has 0 aromatic heterocycles. The number of halogens is 3. The van der Waals surface area contributed by atoms with E-state index < -0.39 is 15.9 Å². The summed E-state index contributed by atoms with van der Waals surface area (Å²) in [6.45, 7) is 3.71. The average Bonchev–Trinajstić information content (AvgIpc) is 2.54. The Morgan fingerprint density at radius 3 is 2.24 bits per heavy atom. The minimum atomic E-state index is -1.80. The third-order valence-corrected chi connectivity index (χ3v) is 3.76. The van der Waals surface area contributed by atoms with Gasteiger partial charge in [-0.25, -0.2) is 4.79 Å². The standard InChI is InChI=1S/C15H18Cl3N3O3S/c1-3-11(22)20-13(15(16,17)18)21-14(25)19-10-7-5-9(6-8-10)12(23)24-4-2/h5-8,13H,3-4H2,1-2H3,(H,20,22)(H2,19,21,25). The highest BCUT2D eigenvalue weighted by atomic mass is 35.6. The van der Waals surface area contributed by atoms with Gasteiger partial charge in [-0.15, -0.1) is 0 Å². The van der Waals surface area contributed by atoms with Crippen molar-refractivity contribution in [3.63, 3.8) is 0 Å². The lowest BCUT2D eigenvalue weighted by molar-refractivity contribution is -0.121. The van der Waals surface area contributed by atoms with E-state index in [1.54, 1.807) is 38.1 Å².